The van der Waals surface area contributed by atoms with Crippen molar-refractivity contribution in [2.45, 2.75) is 32.2 Å². The van der Waals surface area contributed by atoms with Crippen LogP contribution in [0.1, 0.15) is 26.2 Å². The van der Waals surface area contributed by atoms with Gasteiger partial charge in [0.2, 0.25) is 0 Å². The van der Waals surface area contributed by atoms with Crippen molar-refractivity contribution < 1.29 is 5.11 Å². The molecule has 0 saturated carbocycles. The Hall–Kier alpha value is 0.330. The Morgan fingerprint density at radius 1 is 1.54 bits per heavy atom. The predicted molar refractivity (Wildman–Crippen MR) is 62.7 cm³/mol. The van der Waals surface area contributed by atoms with Crippen LogP contribution in [0.25, 0.3) is 0 Å². The van der Waals surface area contributed by atoms with Crippen LogP contribution >= 0.6 is 23.5 Å². The minimum Gasteiger partial charge on any atom is -0.396 e. The van der Waals surface area contributed by atoms with E-state index in [4.69, 9.17) is 5.11 Å². The van der Waals surface area contributed by atoms with E-state index < -0.39 is 0 Å². The van der Waals surface area contributed by atoms with E-state index in [1.54, 1.807) is 0 Å². The molecule has 0 amide bonds. The Morgan fingerprint density at radius 3 is 3.00 bits per heavy atom. The first-order valence-electron chi connectivity index (χ1n) is 4.77. The molecule has 76 valence electrons. The molecule has 1 atom stereocenters. The lowest BCUT2D eigenvalue weighted by Gasteiger charge is -1.98. The van der Waals surface area contributed by atoms with Crippen LogP contribution in [-0.4, -0.2) is 33.6 Å². The molecule has 0 aromatic heterocycles. The number of hydrogen-bond donors (Lipinski definition) is 1. The van der Waals surface area contributed by atoms with Crippen LogP contribution in [0.15, 0.2) is 4.99 Å². The van der Waals surface area contributed by atoms with Crippen molar-refractivity contribution in [2.75, 3.05) is 18.1 Å². The molecule has 1 N–H and O–H groups in total. The number of nitrogens with zero attached hydrogens (tertiary/aromatic N) is 1. The molecule has 0 fully saturated rings. The van der Waals surface area contributed by atoms with Gasteiger partial charge < -0.3 is 5.11 Å². The fourth-order valence-electron chi connectivity index (χ4n) is 1.08. The molecule has 0 aromatic carbocycles. The van der Waals surface area contributed by atoms with Crippen LogP contribution < -0.4 is 0 Å². The van der Waals surface area contributed by atoms with Gasteiger partial charge in [-0.15, -0.1) is 0 Å². The second kappa shape index (κ2) is 6.74. The van der Waals surface area contributed by atoms with Crippen LogP contribution in [0.3, 0.4) is 0 Å². The zero-order valence-electron chi connectivity index (χ0n) is 8.03. The van der Waals surface area contributed by atoms with Crippen LogP contribution in [0, 0.1) is 0 Å². The highest BCUT2D eigenvalue weighted by Crippen LogP contribution is 2.26. The summed E-state index contributed by atoms with van der Waals surface area (Å²) in [6.07, 6.45) is 3.27. The molecule has 1 aliphatic heterocycles. The van der Waals surface area contributed by atoms with E-state index in [0.29, 0.717) is 12.6 Å². The van der Waals surface area contributed by atoms with Crippen molar-refractivity contribution in [2.24, 2.45) is 4.99 Å². The molecule has 13 heavy (non-hydrogen) atoms. The molecule has 0 spiro atoms. The largest absolute Gasteiger partial charge is 0.396 e. The zero-order chi connectivity index (χ0) is 9.52. The second-order valence-electron chi connectivity index (χ2n) is 3.19. The van der Waals surface area contributed by atoms with Crippen molar-refractivity contribution in [1.29, 1.82) is 0 Å². The average molecular weight is 219 g/mol. The Morgan fingerprint density at radius 2 is 2.38 bits per heavy atom. The topological polar surface area (TPSA) is 32.6 Å². The molecular weight excluding hydrogens is 202 g/mol. The maximum Gasteiger partial charge on any atom is 0.124 e. The third-order valence-corrected chi connectivity index (χ3v) is 4.36. The highest BCUT2D eigenvalue weighted by Gasteiger charge is 2.13. The van der Waals surface area contributed by atoms with Gasteiger partial charge in [0, 0.05) is 12.4 Å². The van der Waals surface area contributed by atoms with Gasteiger partial charge in [-0.1, -0.05) is 29.9 Å². The van der Waals surface area contributed by atoms with Gasteiger partial charge >= 0.3 is 0 Å². The molecule has 1 aliphatic rings. The smallest absolute Gasteiger partial charge is 0.124 e. The highest BCUT2D eigenvalue weighted by molar-refractivity contribution is 8.39. The van der Waals surface area contributed by atoms with Crippen molar-refractivity contribution >= 4 is 27.9 Å². The molecule has 1 rings (SSSR count). The Bertz CT molecular complexity index is 173. The summed E-state index contributed by atoms with van der Waals surface area (Å²) in [6, 6.07) is 0.518. The zero-order valence-corrected chi connectivity index (χ0v) is 9.66. The van der Waals surface area contributed by atoms with E-state index in [-0.39, 0.29) is 0 Å². The molecule has 0 radical (unpaired) electrons. The van der Waals surface area contributed by atoms with Crippen LogP contribution in [-0.2, 0) is 0 Å². The van der Waals surface area contributed by atoms with Crippen molar-refractivity contribution in [1.82, 2.24) is 0 Å². The second-order valence-corrected chi connectivity index (χ2v) is 5.54. The molecule has 0 aromatic rings. The highest BCUT2D eigenvalue weighted by atomic mass is 32.2. The number of unbranched alkanes of at least 4 members (excludes halogenated alkanes) is 2. The van der Waals surface area contributed by atoms with E-state index in [1.807, 2.05) is 23.5 Å². The fraction of sp³-hybridized carbons (Fsp3) is 0.889. The SMILES string of the molecule is CC1CSC(SCCCCCO)=N1. The molecule has 0 bridgehead atoms. The van der Waals surface area contributed by atoms with Crippen LogP contribution in [0.4, 0.5) is 0 Å². The van der Waals surface area contributed by atoms with E-state index in [1.165, 1.54) is 10.8 Å². The maximum absolute atomic E-state index is 8.58. The Kier molecular flexibility index (Phi) is 5.91. The molecule has 1 heterocycles. The minimum atomic E-state index is 0.331. The van der Waals surface area contributed by atoms with Gasteiger partial charge in [0.25, 0.3) is 0 Å². The minimum absolute atomic E-state index is 0.331. The van der Waals surface area contributed by atoms with Gasteiger partial charge in [0.1, 0.15) is 4.38 Å². The number of aliphatic hydroxyl groups is 1. The molecule has 2 nitrogen and oxygen atoms in total. The number of hydrogen-bond acceptors (Lipinski definition) is 4. The van der Waals surface area contributed by atoms with E-state index in [9.17, 15) is 0 Å². The summed E-state index contributed by atoms with van der Waals surface area (Å²) in [7, 11) is 0. The summed E-state index contributed by atoms with van der Waals surface area (Å²) in [5.74, 6) is 2.30. The first-order chi connectivity index (χ1) is 6.33. The first-order valence-corrected chi connectivity index (χ1v) is 6.74. The third-order valence-electron chi connectivity index (χ3n) is 1.80. The number of aliphatic imine (C=N–C) groups is 1. The molecule has 4 heteroatoms. The van der Waals surface area contributed by atoms with Crippen molar-refractivity contribution in [3.63, 3.8) is 0 Å². The predicted octanol–water partition coefficient (Wildman–Crippen LogP) is 2.37. The van der Waals surface area contributed by atoms with Gasteiger partial charge in [-0.3, -0.25) is 4.99 Å². The van der Waals surface area contributed by atoms with E-state index in [0.717, 1.165) is 24.3 Å². The van der Waals surface area contributed by atoms with Crippen molar-refractivity contribution in [3.05, 3.63) is 0 Å². The Balaban J connectivity index is 1.97. The molecule has 0 aliphatic carbocycles. The van der Waals surface area contributed by atoms with Crippen molar-refractivity contribution in [3.8, 4) is 0 Å². The van der Waals surface area contributed by atoms with Crippen LogP contribution in [0.2, 0.25) is 0 Å². The van der Waals surface area contributed by atoms with Gasteiger partial charge in [0.15, 0.2) is 0 Å². The first kappa shape index (κ1) is 11.4. The normalized spacial score (nSPS) is 22.0. The third kappa shape index (κ3) is 4.93. The lowest BCUT2D eigenvalue weighted by atomic mass is 10.3. The van der Waals surface area contributed by atoms with Gasteiger partial charge in [-0.25, -0.2) is 0 Å². The van der Waals surface area contributed by atoms with Gasteiger partial charge in [0.05, 0.1) is 6.04 Å². The van der Waals surface area contributed by atoms with Crippen LogP contribution in [0.5, 0.6) is 0 Å². The Labute approximate surface area is 88.6 Å². The van der Waals surface area contributed by atoms with Gasteiger partial charge in [-0.2, -0.15) is 0 Å². The molecule has 0 saturated heterocycles. The summed E-state index contributed by atoms with van der Waals surface area (Å²) in [5.41, 5.74) is 0. The average Bonchev–Trinajstić information content (AvgIpc) is 2.51. The summed E-state index contributed by atoms with van der Waals surface area (Å²) in [6.45, 7) is 2.49. The molecule has 1 unspecified atom stereocenters. The summed E-state index contributed by atoms with van der Waals surface area (Å²) in [5, 5.41) is 8.58. The fourth-order valence-corrected chi connectivity index (χ4v) is 3.35. The summed E-state index contributed by atoms with van der Waals surface area (Å²) >= 11 is 3.75. The lowest BCUT2D eigenvalue weighted by Crippen LogP contribution is -1.92. The lowest BCUT2D eigenvalue weighted by molar-refractivity contribution is 0.284. The van der Waals surface area contributed by atoms with E-state index in [2.05, 4.69) is 11.9 Å². The maximum atomic E-state index is 8.58. The molecular formula is C9H17NOS2. The summed E-state index contributed by atoms with van der Waals surface area (Å²) < 4.78 is 1.26. The summed E-state index contributed by atoms with van der Waals surface area (Å²) in [4.78, 5) is 4.50. The quantitative estimate of drug-likeness (QED) is 0.721. The monoisotopic (exact) mass is 219 g/mol. The van der Waals surface area contributed by atoms with E-state index >= 15 is 0 Å². The number of thioether (sulfide) groups is 2. The number of rotatable bonds is 5. The van der Waals surface area contributed by atoms with Gasteiger partial charge in [-0.05, 0) is 25.5 Å². The number of aliphatic hydroxyl groups excluding tert-OH is 1. The standard InChI is InChI=1S/C9H17NOS2/c1-8-7-13-9(10-8)12-6-4-2-3-5-11/h8,11H,2-7H2,1H3.